The molecule has 0 aromatic heterocycles. The molecule has 0 aromatic carbocycles. The Morgan fingerprint density at radius 3 is 1.86 bits per heavy atom. The van der Waals surface area contributed by atoms with E-state index in [1.807, 2.05) is 0 Å². The summed E-state index contributed by atoms with van der Waals surface area (Å²) in [4.78, 5) is 84.2. The van der Waals surface area contributed by atoms with E-state index in [2.05, 4.69) is 31.4 Å². The number of rotatable bonds is 10. The fraction of sp³-hybridized carbons (Fsp3) is 0.500. The van der Waals surface area contributed by atoms with Gasteiger partial charge in [0.05, 0.1) is 32.7 Å². The van der Waals surface area contributed by atoms with Crippen LogP contribution in [0, 0.1) is 0 Å². The van der Waals surface area contributed by atoms with Gasteiger partial charge in [0.1, 0.15) is 13.1 Å². The number of carbonyl (C=O) groups is 7. The number of amides is 6. The van der Waals surface area contributed by atoms with Gasteiger partial charge in [0, 0.05) is 0 Å². The first-order chi connectivity index (χ1) is 13.7. The zero-order valence-corrected chi connectivity index (χ0v) is 15.2. The fourth-order valence-corrected chi connectivity index (χ4v) is 1.74. The van der Waals surface area contributed by atoms with Gasteiger partial charge in [-0.25, -0.2) is 4.79 Å². The van der Waals surface area contributed by atoms with Crippen LogP contribution < -0.4 is 32.3 Å². The van der Waals surface area contributed by atoms with E-state index in [-0.39, 0.29) is 19.6 Å². The van der Waals surface area contributed by atoms with Crippen LogP contribution in [-0.2, 0) is 38.4 Å². The first kappa shape index (κ1) is 23.3. The lowest BCUT2D eigenvalue weighted by Gasteiger charge is -2.24. The molecule has 0 spiro atoms. The van der Waals surface area contributed by atoms with Crippen molar-refractivity contribution in [2.45, 2.75) is 0 Å². The Kier molecular flexibility index (Phi) is 9.52. The second kappa shape index (κ2) is 11.9. The maximum Gasteiger partial charge on any atom is 0.351 e. The van der Waals surface area contributed by atoms with Crippen LogP contribution in [-0.4, -0.2) is 92.3 Å². The number of hydrogen-bond donors (Lipinski definition) is 6. The summed E-state index contributed by atoms with van der Waals surface area (Å²) in [5, 5.41) is 11.6. The Balaban J connectivity index is 2.17. The molecule has 0 aliphatic carbocycles. The number of hydrogen-bond acceptors (Lipinski definition) is 9. The summed E-state index contributed by atoms with van der Waals surface area (Å²) in [5.74, 6) is -4.70. The second-order valence-electron chi connectivity index (χ2n) is 5.48. The van der Waals surface area contributed by atoms with Gasteiger partial charge in [-0.15, -0.1) is 0 Å². The highest BCUT2D eigenvalue weighted by Crippen LogP contribution is 1.97. The normalized spacial score (nSPS) is 13.1. The number of hydroxylamine groups is 2. The molecule has 0 bridgehead atoms. The molecule has 15 nitrogen and oxygen atoms in total. The molecule has 0 saturated carbocycles. The summed E-state index contributed by atoms with van der Waals surface area (Å²) in [6.07, 6.45) is 0. The standard InChI is InChI=1S/C14H21N7O8/c15-1-8(22)16-2-9(23)17-3-10(24)18-4-11(25)20-6-14(28)29-21-7-12(26)19-5-13(21)27/h1-7,15H2,(H,16,22)(H,17,23)(H,18,24)(H,19,26)(H,20,25). The van der Waals surface area contributed by atoms with E-state index in [1.54, 1.807) is 0 Å². The van der Waals surface area contributed by atoms with Gasteiger partial charge in [-0.1, -0.05) is 0 Å². The predicted octanol–water partition coefficient (Wildman–Crippen LogP) is -6.17. The van der Waals surface area contributed by atoms with Crippen molar-refractivity contribution in [3.05, 3.63) is 0 Å². The minimum Gasteiger partial charge on any atom is -0.346 e. The number of piperazine rings is 1. The van der Waals surface area contributed by atoms with E-state index in [1.165, 1.54) is 0 Å². The Labute approximate surface area is 164 Å². The zero-order valence-electron chi connectivity index (χ0n) is 15.2. The number of carbonyl (C=O) groups excluding carboxylic acids is 7. The van der Waals surface area contributed by atoms with Crippen LogP contribution in [0.5, 0.6) is 0 Å². The summed E-state index contributed by atoms with van der Waals surface area (Å²) in [5.41, 5.74) is 5.04. The molecular weight excluding hydrogens is 394 g/mol. The zero-order chi connectivity index (χ0) is 21.8. The van der Waals surface area contributed by atoms with Gasteiger partial charge in [-0.2, -0.15) is 5.06 Å². The van der Waals surface area contributed by atoms with Crippen LogP contribution in [0.15, 0.2) is 0 Å². The molecule has 1 heterocycles. The molecule has 160 valence electrons. The number of nitrogens with two attached hydrogens (primary N) is 1. The molecule has 0 unspecified atom stereocenters. The highest BCUT2D eigenvalue weighted by Gasteiger charge is 2.26. The Morgan fingerprint density at radius 1 is 0.862 bits per heavy atom. The number of nitrogens with one attached hydrogen (secondary N) is 5. The molecular formula is C14H21N7O8. The summed E-state index contributed by atoms with van der Waals surface area (Å²) in [6, 6.07) is 0. The highest BCUT2D eigenvalue weighted by atomic mass is 16.7. The predicted molar refractivity (Wildman–Crippen MR) is 91.9 cm³/mol. The largest absolute Gasteiger partial charge is 0.351 e. The Hall–Kier alpha value is -3.75. The van der Waals surface area contributed by atoms with Crippen LogP contribution in [0.4, 0.5) is 0 Å². The van der Waals surface area contributed by atoms with Gasteiger partial charge in [0.2, 0.25) is 29.5 Å². The monoisotopic (exact) mass is 415 g/mol. The molecule has 29 heavy (non-hydrogen) atoms. The van der Waals surface area contributed by atoms with Gasteiger partial charge in [-0.05, 0) is 0 Å². The van der Waals surface area contributed by atoms with E-state index < -0.39 is 67.6 Å². The van der Waals surface area contributed by atoms with Gasteiger partial charge >= 0.3 is 5.97 Å². The Morgan fingerprint density at radius 2 is 1.34 bits per heavy atom. The third-order valence-electron chi connectivity index (χ3n) is 3.17. The van der Waals surface area contributed by atoms with E-state index in [0.29, 0.717) is 5.06 Å². The van der Waals surface area contributed by atoms with Crippen molar-refractivity contribution in [1.29, 1.82) is 0 Å². The topological polar surface area (TPSA) is 218 Å². The van der Waals surface area contributed by atoms with Crippen molar-refractivity contribution in [3.63, 3.8) is 0 Å². The first-order valence-electron chi connectivity index (χ1n) is 8.26. The van der Waals surface area contributed by atoms with E-state index >= 15 is 0 Å². The van der Waals surface area contributed by atoms with Crippen molar-refractivity contribution in [2.75, 3.05) is 45.8 Å². The maximum atomic E-state index is 11.6. The minimum absolute atomic E-state index is 0.278. The lowest BCUT2D eigenvalue weighted by Crippen LogP contribution is -2.52. The molecule has 1 aliphatic rings. The van der Waals surface area contributed by atoms with Crippen LogP contribution in [0.1, 0.15) is 0 Å². The Bertz CT molecular complexity index is 695. The van der Waals surface area contributed by atoms with Crippen LogP contribution in [0.25, 0.3) is 0 Å². The molecule has 0 atom stereocenters. The van der Waals surface area contributed by atoms with Gasteiger partial charge in [0.25, 0.3) is 5.91 Å². The average molecular weight is 415 g/mol. The third kappa shape index (κ3) is 9.66. The molecule has 1 fully saturated rings. The van der Waals surface area contributed by atoms with Crippen molar-refractivity contribution >= 4 is 41.4 Å². The second-order valence-corrected chi connectivity index (χ2v) is 5.48. The van der Waals surface area contributed by atoms with Crippen LogP contribution >= 0.6 is 0 Å². The summed E-state index contributed by atoms with van der Waals surface area (Å²) in [6.45, 7) is -2.91. The van der Waals surface area contributed by atoms with Gasteiger partial charge in [-0.3, -0.25) is 28.8 Å². The molecule has 1 aliphatic heterocycles. The average Bonchev–Trinajstić information content (AvgIpc) is 2.69. The van der Waals surface area contributed by atoms with E-state index in [0.717, 1.165) is 0 Å². The smallest absolute Gasteiger partial charge is 0.346 e. The van der Waals surface area contributed by atoms with Crippen molar-refractivity contribution in [1.82, 2.24) is 31.6 Å². The molecule has 1 saturated heterocycles. The summed E-state index contributed by atoms with van der Waals surface area (Å²) in [7, 11) is 0. The SMILES string of the molecule is NCC(=O)NCC(=O)NCC(=O)NCC(=O)NCC(=O)ON1CC(=O)NCC1=O. The highest BCUT2D eigenvalue weighted by molar-refractivity contribution is 5.93. The maximum absolute atomic E-state index is 11.6. The third-order valence-corrected chi connectivity index (χ3v) is 3.17. The van der Waals surface area contributed by atoms with Crippen LogP contribution in [0.2, 0.25) is 0 Å². The van der Waals surface area contributed by atoms with Gasteiger partial charge in [0.15, 0.2) is 0 Å². The van der Waals surface area contributed by atoms with Crippen molar-refractivity contribution < 1.29 is 38.4 Å². The van der Waals surface area contributed by atoms with E-state index in [4.69, 9.17) is 5.73 Å². The van der Waals surface area contributed by atoms with E-state index in [9.17, 15) is 33.6 Å². The van der Waals surface area contributed by atoms with Crippen molar-refractivity contribution in [3.8, 4) is 0 Å². The lowest BCUT2D eigenvalue weighted by atomic mass is 10.4. The lowest BCUT2D eigenvalue weighted by molar-refractivity contribution is -0.200. The molecule has 7 N–H and O–H groups in total. The molecule has 0 aromatic rings. The number of nitrogens with zero attached hydrogens (tertiary/aromatic N) is 1. The fourth-order valence-electron chi connectivity index (χ4n) is 1.74. The molecule has 0 radical (unpaired) electrons. The molecule has 6 amide bonds. The summed E-state index contributed by atoms with van der Waals surface area (Å²) >= 11 is 0. The minimum atomic E-state index is -0.987. The van der Waals surface area contributed by atoms with Crippen molar-refractivity contribution in [2.24, 2.45) is 5.73 Å². The summed E-state index contributed by atoms with van der Waals surface area (Å²) < 4.78 is 0. The van der Waals surface area contributed by atoms with Crippen LogP contribution in [0.3, 0.4) is 0 Å². The van der Waals surface area contributed by atoms with Gasteiger partial charge < -0.3 is 37.2 Å². The quantitative estimate of drug-likeness (QED) is 0.200. The first-order valence-corrected chi connectivity index (χ1v) is 8.26. The molecule has 15 heteroatoms. The molecule has 1 rings (SSSR count).